The Labute approximate surface area is 127 Å². The molecule has 1 aliphatic rings. The summed E-state index contributed by atoms with van der Waals surface area (Å²) in [5.74, 6) is 0.397. The number of hydrogen-bond donors (Lipinski definition) is 0. The van der Waals surface area contributed by atoms with Gasteiger partial charge in [-0.15, -0.1) is 0 Å². The molecule has 1 saturated carbocycles. The van der Waals surface area contributed by atoms with Crippen LogP contribution in [0.5, 0.6) is 0 Å². The summed E-state index contributed by atoms with van der Waals surface area (Å²) in [5.41, 5.74) is 0.122. The molecule has 1 aromatic rings. The van der Waals surface area contributed by atoms with Crippen molar-refractivity contribution in [2.75, 3.05) is 12.5 Å². The van der Waals surface area contributed by atoms with Crippen molar-refractivity contribution in [3.63, 3.8) is 0 Å². The molecule has 116 valence electrons. The quantitative estimate of drug-likeness (QED) is 0.634. The minimum Gasteiger partial charge on any atom is -0.293 e. The lowest BCUT2D eigenvalue weighted by atomic mass is 9.88. The molecule has 0 radical (unpaired) electrons. The lowest BCUT2D eigenvalue weighted by Gasteiger charge is -2.22. The van der Waals surface area contributed by atoms with Crippen molar-refractivity contribution in [2.45, 2.75) is 33.6 Å². The molecule has 1 heterocycles. The van der Waals surface area contributed by atoms with E-state index in [2.05, 4.69) is 11.2 Å². The van der Waals surface area contributed by atoms with Gasteiger partial charge >= 0.3 is 0 Å². The highest BCUT2D eigenvalue weighted by atomic mass is 32.2. The van der Waals surface area contributed by atoms with Gasteiger partial charge in [0.2, 0.25) is 0 Å². The Balaban J connectivity index is 2.64. The van der Waals surface area contributed by atoms with Gasteiger partial charge in [0.05, 0.1) is 10.6 Å². The summed E-state index contributed by atoms with van der Waals surface area (Å²) < 4.78 is 14.4. The minimum absolute atomic E-state index is 0.0695. The Kier molecular flexibility index (Phi) is 4.15. The fourth-order valence-corrected chi connectivity index (χ4v) is 3.50. The second kappa shape index (κ2) is 5.44. The van der Waals surface area contributed by atoms with Crippen LogP contribution < -0.4 is 0 Å². The molecule has 0 aliphatic heterocycles. The van der Waals surface area contributed by atoms with Gasteiger partial charge in [-0.25, -0.2) is 4.68 Å². The van der Waals surface area contributed by atoms with E-state index in [4.69, 9.17) is 0 Å². The first-order chi connectivity index (χ1) is 9.60. The van der Waals surface area contributed by atoms with E-state index in [1.807, 2.05) is 26.8 Å². The zero-order valence-corrected chi connectivity index (χ0v) is 14.2. The largest absolute Gasteiger partial charge is 0.293 e. The van der Waals surface area contributed by atoms with Gasteiger partial charge in [-0.1, -0.05) is 26.8 Å². The maximum Gasteiger partial charge on any atom is 0.178 e. The van der Waals surface area contributed by atoms with Crippen LogP contribution in [-0.2, 0) is 14.3 Å². The second-order valence-electron chi connectivity index (χ2n) is 6.98. The third-order valence-electron chi connectivity index (χ3n) is 3.38. The van der Waals surface area contributed by atoms with Gasteiger partial charge in [-0.2, -0.15) is 5.10 Å². The van der Waals surface area contributed by atoms with E-state index in [1.165, 1.54) is 0 Å². The molecule has 0 bridgehead atoms. The molecule has 5 heteroatoms. The summed E-state index contributed by atoms with van der Waals surface area (Å²) in [6, 6.07) is 1.81. The predicted octanol–water partition coefficient (Wildman–Crippen LogP) is 2.47. The Morgan fingerprint density at radius 2 is 1.95 bits per heavy atom. The van der Waals surface area contributed by atoms with Gasteiger partial charge in [0.15, 0.2) is 5.78 Å². The third kappa shape index (κ3) is 3.84. The summed E-state index contributed by atoms with van der Waals surface area (Å²) >= 11 is 0. The van der Waals surface area contributed by atoms with Gasteiger partial charge in [-0.05, 0) is 34.3 Å². The van der Waals surface area contributed by atoms with Crippen molar-refractivity contribution < 1.29 is 9.00 Å². The van der Waals surface area contributed by atoms with Crippen LogP contribution >= 0.6 is 0 Å². The number of nitrogens with zero attached hydrogens (tertiary/aromatic N) is 2. The van der Waals surface area contributed by atoms with Crippen LogP contribution in [0.1, 0.15) is 33.6 Å². The second-order valence-corrected chi connectivity index (χ2v) is 9.86. The molecule has 0 atom stereocenters. The number of carbonyl (C=O) groups excluding carboxylic acids is 1. The molecule has 0 amide bonds. The van der Waals surface area contributed by atoms with Crippen LogP contribution in [0.2, 0.25) is 0 Å². The van der Waals surface area contributed by atoms with Gasteiger partial charge in [0, 0.05) is 30.3 Å². The molecular weight excluding hydrogens is 284 g/mol. The van der Waals surface area contributed by atoms with Crippen LogP contribution in [0.3, 0.4) is 0 Å². The molecule has 0 spiro atoms. The molecule has 2 rings (SSSR count). The molecule has 0 aromatic carbocycles. The number of rotatable bonds is 4. The normalized spacial score (nSPS) is 16.9. The van der Waals surface area contributed by atoms with Gasteiger partial charge < -0.3 is 0 Å². The Morgan fingerprint density at radius 3 is 2.33 bits per heavy atom. The minimum atomic E-state index is -2.40. The maximum absolute atomic E-state index is 12.9. The summed E-state index contributed by atoms with van der Waals surface area (Å²) in [6.45, 7) is 5.58. The van der Waals surface area contributed by atoms with Crippen LogP contribution in [0.4, 0.5) is 0 Å². The molecule has 0 saturated heterocycles. The van der Waals surface area contributed by atoms with Crippen molar-refractivity contribution in [3.05, 3.63) is 24.5 Å². The Morgan fingerprint density at radius 1 is 1.33 bits per heavy atom. The highest BCUT2D eigenvalue weighted by molar-refractivity contribution is 8.03. The van der Waals surface area contributed by atoms with Crippen molar-refractivity contribution in [3.8, 4) is 0 Å². The predicted molar refractivity (Wildman–Crippen MR) is 88.7 cm³/mol. The molecule has 4 nitrogen and oxygen atoms in total. The van der Waals surface area contributed by atoms with E-state index in [0.29, 0.717) is 16.5 Å². The Hall–Kier alpha value is -1.36. The number of allylic oxidation sites excluding steroid dienone is 2. The molecule has 0 unspecified atom stereocenters. The van der Waals surface area contributed by atoms with E-state index in [1.54, 1.807) is 29.6 Å². The number of Topliss-reactive ketones (excluding diaryl/α,β-unsaturated/α-hetero) is 1. The van der Waals surface area contributed by atoms with Crippen LogP contribution in [-0.4, -0.2) is 37.1 Å². The van der Waals surface area contributed by atoms with Crippen molar-refractivity contribution in [1.29, 1.82) is 0 Å². The van der Waals surface area contributed by atoms with E-state index < -0.39 is 14.9 Å². The van der Waals surface area contributed by atoms with Gasteiger partial charge in [0.25, 0.3) is 0 Å². The molecule has 0 N–H and O–H groups in total. The average Bonchev–Trinajstić information content (AvgIpc) is 2.98. The average molecular weight is 308 g/mol. The van der Waals surface area contributed by atoms with Crippen LogP contribution in [0, 0.1) is 11.3 Å². The first-order valence-corrected chi connectivity index (χ1v) is 9.56. The molecule has 1 aliphatic carbocycles. The summed E-state index contributed by atoms with van der Waals surface area (Å²) in [5, 5.41) is 4.25. The summed E-state index contributed by atoms with van der Waals surface area (Å²) in [4.78, 5) is 13.3. The Bertz CT molecular complexity index is 672. The van der Waals surface area contributed by atoms with Gasteiger partial charge in [0.1, 0.15) is 0 Å². The van der Waals surface area contributed by atoms with E-state index in [9.17, 15) is 9.00 Å². The molecular formula is C16H24N2O2S. The first kappa shape index (κ1) is 16.0. The number of hydrogen-bond acceptors (Lipinski definition) is 3. The van der Waals surface area contributed by atoms with Crippen molar-refractivity contribution in [2.24, 2.45) is 11.3 Å². The van der Waals surface area contributed by atoms with E-state index in [-0.39, 0.29) is 5.78 Å². The van der Waals surface area contributed by atoms with Gasteiger partial charge in [-0.3, -0.25) is 9.00 Å². The number of carbonyl (C=O) groups is 1. The summed E-state index contributed by atoms with van der Waals surface area (Å²) in [6.07, 6.45) is 11.0. The lowest BCUT2D eigenvalue weighted by Crippen LogP contribution is -2.35. The monoisotopic (exact) mass is 308 g/mol. The fraction of sp³-hybridized carbons (Fsp3) is 0.562. The topological polar surface area (TPSA) is 52.0 Å². The van der Waals surface area contributed by atoms with Crippen LogP contribution in [0.25, 0.3) is 5.70 Å². The fourth-order valence-electron chi connectivity index (χ4n) is 2.09. The van der Waals surface area contributed by atoms with E-state index in [0.717, 1.165) is 12.8 Å². The zero-order valence-electron chi connectivity index (χ0n) is 13.4. The SMILES string of the molecule is CC(C)(C)C(=O)C(/C(=C\C1CC1)n1cccn1)=S(C)(C)=O. The highest BCUT2D eigenvalue weighted by Gasteiger charge is 2.32. The highest BCUT2D eigenvalue weighted by Crippen LogP contribution is 2.33. The number of aromatic nitrogens is 2. The smallest absolute Gasteiger partial charge is 0.178 e. The van der Waals surface area contributed by atoms with Crippen LogP contribution in [0.15, 0.2) is 24.5 Å². The summed E-state index contributed by atoms with van der Waals surface area (Å²) in [7, 11) is -2.40. The lowest BCUT2D eigenvalue weighted by molar-refractivity contribution is -0.119. The number of ketones is 1. The molecule has 1 aromatic heterocycles. The molecule has 1 fully saturated rings. The van der Waals surface area contributed by atoms with E-state index >= 15 is 0 Å². The van der Waals surface area contributed by atoms with Crippen molar-refractivity contribution >= 4 is 25.9 Å². The molecule has 21 heavy (non-hydrogen) atoms. The zero-order chi connectivity index (χ0) is 15.8. The standard InChI is InChI=1S/C16H24N2O2S/c1-16(2,3)15(19)14(21(4,5)20)13(11-12-7-8-12)18-10-6-9-17-18/h6,9-12H,7-8H2,1-5H3/b13-11+. The van der Waals surface area contributed by atoms with Crippen molar-refractivity contribution in [1.82, 2.24) is 9.78 Å². The first-order valence-electron chi connectivity index (χ1n) is 7.19. The maximum atomic E-state index is 12.9. The third-order valence-corrected chi connectivity index (χ3v) is 4.76.